The molecule has 2 heteroatoms. The van der Waals surface area contributed by atoms with E-state index in [9.17, 15) is 0 Å². The van der Waals surface area contributed by atoms with Gasteiger partial charge in [-0.1, -0.05) is 170 Å². The normalized spacial score (nSPS) is 16.2. The van der Waals surface area contributed by atoms with Crippen LogP contribution in [0, 0.1) is 0 Å². The third kappa shape index (κ3) is 3.84. The van der Waals surface area contributed by atoms with Crippen LogP contribution in [0.25, 0.3) is 53.9 Å². The molecule has 0 saturated heterocycles. The highest BCUT2D eigenvalue weighted by Crippen LogP contribution is 2.67. The first-order chi connectivity index (χ1) is 29.8. The molecule has 1 nitrogen and oxygen atoms in total. The molecule has 60 heavy (non-hydrogen) atoms. The molecule has 1 aromatic heterocycles. The van der Waals surface area contributed by atoms with Gasteiger partial charge in [0.2, 0.25) is 0 Å². The number of thiophene rings is 1. The zero-order valence-corrected chi connectivity index (χ0v) is 33.4. The maximum Gasteiger partial charge on any atom is 0.0740 e. The number of anilines is 3. The van der Waals surface area contributed by atoms with Gasteiger partial charge in [0.25, 0.3) is 0 Å². The maximum atomic E-state index is 2.53. The monoisotopic (exact) mass is 777 g/mol. The summed E-state index contributed by atoms with van der Waals surface area (Å²) in [6.45, 7) is 0. The Labute approximate surface area is 353 Å². The molecule has 14 rings (SSSR count). The quantitative estimate of drug-likeness (QED) is 0.173. The smallest absolute Gasteiger partial charge is 0.0740 e. The van der Waals surface area contributed by atoms with E-state index in [1.54, 1.807) is 0 Å². The SMILES string of the molecule is c1ccc(N(c2ccc3c(c2)C2(c4ccccc4-c4ccccc42)c2ccccc2-3)c2ccc3c(c2)C2(c4ccccc4-3)c3ccccc3-c3sc4ccccc4c32)cc1. The second-order valence-corrected chi connectivity index (χ2v) is 17.7. The Morgan fingerprint density at radius 2 is 0.700 bits per heavy atom. The first-order valence-corrected chi connectivity index (χ1v) is 21.7. The molecular formula is C58H35NS. The van der Waals surface area contributed by atoms with Gasteiger partial charge in [0.15, 0.2) is 0 Å². The Morgan fingerprint density at radius 3 is 1.25 bits per heavy atom. The van der Waals surface area contributed by atoms with E-state index in [1.807, 2.05) is 11.3 Å². The van der Waals surface area contributed by atoms with Crippen LogP contribution in [0.15, 0.2) is 212 Å². The summed E-state index contributed by atoms with van der Waals surface area (Å²) < 4.78 is 1.34. The average molecular weight is 778 g/mol. The molecule has 4 aliphatic rings. The third-order valence-electron chi connectivity index (χ3n) is 14.1. The molecule has 0 fully saturated rings. The molecule has 0 amide bonds. The number of nitrogens with zero attached hydrogens (tertiary/aromatic N) is 1. The summed E-state index contributed by atoms with van der Waals surface area (Å²) in [6.07, 6.45) is 0. The molecule has 0 saturated carbocycles. The second-order valence-electron chi connectivity index (χ2n) is 16.7. The minimum atomic E-state index is -0.448. The lowest BCUT2D eigenvalue weighted by molar-refractivity contribution is 0.793. The van der Waals surface area contributed by atoms with Gasteiger partial charge >= 0.3 is 0 Å². The lowest BCUT2D eigenvalue weighted by Gasteiger charge is -2.33. The van der Waals surface area contributed by atoms with Crippen molar-refractivity contribution in [3.8, 4) is 43.8 Å². The standard InChI is InChI=1S/C58H35NS/c1-2-16-36(17-3-1)59(37-30-32-43-41-20-6-12-26-49(41)57(52(43)34-37)47-24-10-4-18-39(47)40-19-5-11-25-48(40)57)38-31-33-44-42-21-7-13-27-50(42)58(53(44)35-38)51-28-14-8-22-45(51)56-55(58)46-23-9-15-29-54(46)60-56/h1-35H. The van der Waals surface area contributed by atoms with Crippen molar-refractivity contribution >= 4 is 38.5 Å². The van der Waals surface area contributed by atoms with Crippen molar-refractivity contribution < 1.29 is 0 Å². The van der Waals surface area contributed by atoms with Crippen molar-refractivity contribution in [2.45, 2.75) is 10.8 Å². The van der Waals surface area contributed by atoms with Gasteiger partial charge in [-0.25, -0.2) is 0 Å². The highest BCUT2D eigenvalue weighted by molar-refractivity contribution is 7.22. The third-order valence-corrected chi connectivity index (χ3v) is 15.3. The summed E-state index contributed by atoms with van der Waals surface area (Å²) in [5, 5.41) is 1.35. The number of rotatable bonds is 3. The highest BCUT2D eigenvalue weighted by Gasteiger charge is 2.54. The van der Waals surface area contributed by atoms with Crippen LogP contribution in [0.1, 0.15) is 44.5 Å². The Morgan fingerprint density at radius 1 is 0.300 bits per heavy atom. The Balaban J connectivity index is 1.05. The van der Waals surface area contributed by atoms with Crippen molar-refractivity contribution in [3.63, 3.8) is 0 Å². The van der Waals surface area contributed by atoms with E-state index in [1.165, 1.54) is 98.4 Å². The van der Waals surface area contributed by atoms with E-state index in [0.29, 0.717) is 0 Å². The van der Waals surface area contributed by atoms with Crippen molar-refractivity contribution in [2.24, 2.45) is 0 Å². The number of para-hydroxylation sites is 1. The number of benzene rings is 9. The topological polar surface area (TPSA) is 3.24 Å². The van der Waals surface area contributed by atoms with Gasteiger partial charge in [-0.2, -0.15) is 0 Å². The molecule has 278 valence electrons. The molecule has 4 aliphatic carbocycles. The molecule has 9 aromatic carbocycles. The zero-order chi connectivity index (χ0) is 39.2. The van der Waals surface area contributed by atoms with Gasteiger partial charge in [0, 0.05) is 26.6 Å². The molecule has 1 atom stereocenters. The number of fused-ring (bicyclic) bond motifs is 22. The lowest BCUT2D eigenvalue weighted by Crippen LogP contribution is -2.26. The minimum absolute atomic E-state index is 0.426. The van der Waals surface area contributed by atoms with Crippen LogP contribution in [-0.2, 0) is 10.8 Å². The summed E-state index contributed by atoms with van der Waals surface area (Å²) in [6, 6.07) is 80.1. The van der Waals surface area contributed by atoms with Crippen molar-refractivity contribution in [1.82, 2.24) is 0 Å². The van der Waals surface area contributed by atoms with Gasteiger partial charge in [0.05, 0.1) is 10.8 Å². The zero-order valence-electron chi connectivity index (χ0n) is 32.6. The summed E-state index contributed by atoms with van der Waals surface area (Å²) in [5.41, 5.74) is 22.7. The van der Waals surface area contributed by atoms with Crippen molar-refractivity contribution in [1.29, 1.82) is 0 Å². The minimum Gasteiger partial charge on any atom is -0.310 e. The van der Waals surface area contributed by atoms with Gasteiger partial charge in [-0.15, -0.1) is 11.3 Å². The van der Waals surface area contributed by atoms with Crippen LogP contribution in [0.4, 0.5) is 17.1 Å². The summed E-state index contributed by atoms with van der Waals surface area (Å²) >= 11 is 1.94. The first-order valence-electron chi connectivity index (χ1n) is 20.9. The van der Waals surface area contributed by atoms with E-state index in [2.05, 4.69) is 217 Å². The molecule has 0 bridgehead atoms. The van der Waals surface area contributed by atoms with Gasteiger partial charge in [-0.05, 0) is 131 Å². The molecule has 1 heterocycles. The second kappa shape index (κ2) is 11.7. The Kier molecular flexibility index (Phi) is 6.37. The predicted molar refractivity (Wildman–Crippen MR) is 249 cm³/mol. The first kappa shape index (κ1) is 32.7. The van der Waals surface area contributed by atoms with Crippen LogP contribution >= 0.6 is 11.3 Å². The van der Waals surface area contributed by atoms with Crippen molar-refractivity contribution in [3.05, 3.63) is 257 Å². The molecule has 0 radical (unpaired) electrons. The van der Waals surface area contributed by atoms with Crippen LogP contribution in [0.2, 0.25) is 0 Å². The van der Waals surface area contributed by atoms with Gasteiger partial charge in [0.1, 0.15) is 0 Å². The lowest BCUT2D eigenvalue weighted by atomic mass is 9.70. The fourth-order valence-corrected chi connectivity index (χ4v) is 13.3. The molecule has 0 N–H and O–H groups in total. The van der Waals surface area contributed by atoms with E-state index >= 15 is 0 Å². The van der Waals surface area contributed by atoms with Crippen LogP contribution in [-0.4, -0.2) is 0 Å². The number of hydrogen-bond acceptors (Lipinski definition) is 2. The van der Waals surface area contributed by atoms with E-state index in [-0.39, 0.29) is 0 Å². The maximum absolute atomic E-state index is 2.53. The highest BCUT2D eigenvalue weighted by atomic mass is 32.1. The molecular weight excluding hydrogens is 743 g/mol. The van der Waals surface area contributed by atoms with Crippen LogP contribution < -0.4 is 4.90 Å². The van der Waals surface area contributed by atoms with E-state index < -0.39 is 10.8 Å². The Bertz CT molecular complexity index is 3400. The fraction of sp³-hybridized carbons (Fsp3) is 0.0345. The molecule has 0 aliphatic heterocycles. The molecule has 2 spiro atoms. The average Bonchev–Trinajstić information content (AvgIpc) is 4.08. The van der Waals surface area contributed by atoms with E-state index in [4.69, 9.17) is 0 Å². The van der Waals surface area contributed by atoms with Crippen molar-refractivity contribution in [2.75, 3.05) is 4.90 Å². The predicted octanol–water partition coefficient (Wildman–Crippen LogP) is 15.1. The summed E-state index contributed by atoms with van der Waals surface area (Å²) in [7, 11) is 0. The molecule has 10 aromatic rings. The largest absolute Gasteiger partial charge is 0.310 e. The summed E-state index contributed by atoms with van der Waals surface area (Å²) in [5.74, 6) is 0. The summed E-state index contributed by atoms with van der Waals surface area (Å²) in [4.78, 5) is 3.88. The number of hydrogen-bond donors (Lipinski definition) is 0. The molecule has 1 unspecified atom stereocenters. The van der Waals surface area contributed by atoms with Gasteiger partial charge < -0.3 is 4.90 Å². The van der Waals surface area contributed by atoms with Gasteiger partial charge in [-0.3, -0.25) is 0 Å². The van der Waals surface area contributed by atoms with Crippen LogP contribution in [0.3, 0.4) is 0 Å². The Hall–Kier alpha value is -7.26. The van der Waals surface area contributed by atoms with Crippen LogP contribution in [0.5, 0.6) is 0 Å². The fourth-order valence-electron chi connectivity index (χ4n) is 12.0. The van der Waals surface area contributed by atoms with E-state index in [0.717, 1.165) is 17.1 Å².